The fraction of sp³-hybridized carbons (Fsp3) is 1.00. The molecule has 0 aromatic heterocycles. The minimum atomic E-state index is -4.25. The smallest absolute Gasteiger partial charge is 0.303 e. The van der Waals surface area contributed by atoms with Crippen molar-refractivity contribution in [1.82, 2.24) is 4.90 Å². The zero-order chi connectivity index (χ0) is 9.03. The highest BCUT2D eigenvalue weighted by molar-refractivity contribution is 7.46. The first-order valence-electron chi connectivity index (χ1n) is 4.00. The lowest BCUT2D eigenvalue weighted by Crippen LogP contribution is -2.23. The van der Waals surface area contributed by atoms with Crippen LogP contribution in [0.2, 0.25) is 0 Å². The summed E-state index contributed by atoms with van der Waals surface area (Å²) in [6.07, 6.45) is 2.35. The van der Waals surface area contributed by atoms with Crippen molar-refractivity contribution in [3.8, 4) is 0 Å². The zero-order valence-electron chi connectivity index (χ0n) is 6.85. The van der Waals surface area contributed by atoms with Crippen molar-refractivity contribution >= 4 is 7.82 Å². The normalized spacial score (nSPS) is 20.2. The highest BCUT2D eigenvalue weighted by atomic mass is 31.2. The SMILES string of the molecule is O=P(O)(O)OCCN1CCCC1. The number of likely N-dealkylation sites (tertiary alicyclic amines) is 1. The first-order valence-corrected chi connectivity index (χ1v) is 5.53. The third kappa shape index (κ3) is 4.18. The molecule has 0 saturated carbocycles. The lowest BCUT2D eigenvalue weighted by atomic mass is 10.4. The molecule has 0 aromatic carbocycles. The van der Waals surface area contributed by atoms with E-state index in [1.54, 1.807) is 0 Å². The van der Waals surface area contributed by atoms with Gasteiger partial charge in [-0.25, -0.2) is 4.57 Å². The number of hydrogen-bond donors (Lipinski definition) is 2. The van der Waals surface area contributed by atoms with Crippen LogP contribution in [0.3, 0.4) is 0 Å². The Morgan fingerprint density at radius 1 is 1.33 bits per heavy atom. The Kier molecular flexibility index (Phi) is 3.68. The van der Waals surface area contributed by atoms with Crippen LogP contribution in [0.5, 0.6) is 0 Å². The van der Waals surface area contributed by atoms with Gasteiger partial charge in [-0.2, -0.15) is 0 Å². The second kappa shape index (κ2) is 4.35. The van der Waals surface area contributed by atoms with Crippen LogP contribution in [0.15, 0.2) is 0 Å². The maximum Gasteiger partial charge on any atom is 0.469 e. The first-order chi connectivity index (χ1) is 5.58. The molecule has 6 heteroatoms. The van der Waals surface area contributed by atoms with Crippen LogP contribution in [-0.2, 0) is 9.09 Å². The van der Waals surface area contributed by atoms with E-state index >= 15 is 0 Å². The van der Waals surface area contributed by atoms with E-state index < -0.39 is 7.82 Å². The van der Waals surface area contributed by atoms with Crippen LogP contribution >= 0.6 is 7.82 Å². The Hall–Kier alpha value is 0.0700. The number of phosphoric ester groups is 1. The van der Waals surface area contributed by atoms with Gasteiger partial charge in [0.05, 0.1) is 6.61 Å². The lowest BCUT2D eigenvalue weighted by molar-refractivity contribution is 0.172. The Morgan fingerprint density at radius 3 is 2.42 bits per heavy atom. The van der Waals surface area contributed by atoms with Gasteiger partial charge in [-0.05, 0) is 25.9 Å². The number of hydrogen-bond acceptors (Lipinski definition) is 3. The second-order valence-electron chi connectivity index (χ2n) is 2.87. The van der Waals surface area contributed by atoms with Gasteiger partial charge in [0.2, 0.25) is 0 Å². The number of rotatable bonds is 4. The monoisotopic (exact) mass is 195 g/mol. The summed E-state index contributed by atoms with van der Waals surface area (Å²) in [6.45, 7) is 2.77. The topological polar surface area (TPSA) is 70.0 Å². The molecule has 5 nitrogen and oxygen atoms in total. The maximum atomic E-state index is 10.3. The summed E-state index contributed by atoms with van der Waals surface area (Å²) < 4.78 is 14.6. The summed E-state index contributed by atoms with van der Waals surface area (Å²) in [7, 11) is -4.25. The summed E-state index contributed by atoms with van der Waals surface area (Å²) in [4.78, 5) is 18.9. The van der Waals surface area contributed by atoms with Crippen molar-refractivity contribution in [1.29, 1.82) is 0 Å². The molecule has 0 amide bonds. The Bertz CT molecular complexity index is 174. The zero-order valence-corrected chi connectivity index (χ0v) is 7.74. The molecule has 1 saturated heterocycles. The molecule has 1 fully saturated rings. The molecule has 0 radical (unpaired) electrons. The highest BCUT2D eigenvalue weighted by Gasteiger charge is 2.16. The molecule has 0 spiro atoms. The van der Waals surface area contributed by atoms with Crippen molar-refractivity contribution in [3.05, 3.63) is 0 Å². The van der Waals surface area contributed by atoms with Gasteiger partial charge in [-0.3, -0.25) is 4.52 Å². The average molecular weight is 195 g/mol. The lowest BCUT2D eigenvalue weighted by Gasteiger charge is -2.14. The summed E-state index contributed by atoms with van der Waals surface area (Å²) in [5.74, 6) is 0. The predicted octanol–water partition coefficient (Wildman–Crippen LogP) is 0.191. The molecule has 12 heavy (non-hydrogen) atoms. The van der Waals surface area contributed by atoms with E-state index in [-0.39, 0.29) is 6.61 Å². The standard InChI is InChI=1S/C6H14NO4P/c8-12(9,10)11-6-5-7-3-1-2-4-7/h1-6H2,(H2,8,9,10). The Morgan fingerprint density at radius 2 is 1.92 bits per heavy atom. The molecule has 0 aliphatic carbocycles. The van der Waals surface area contributed by atoms with Gasteiger partial charge in [-0.15, -0.1) is 0 Å². The molecule has 1 aliphatic heterocycles. The van der Waals surface area contributed by atoms with Gasteiger partial charge < -0.3 is 14.7 Å². The minimum Gasteiger partial charge on any atom is -0.303 e. The third-order valence-corrected chi connectivity index (χ3v) is 2.38. The molecule has 1 heterocycles. The van der Waals surface area contributed by atoms with Crippen LogP contribution in [0.25, 0.3) is 0 Å². The first kappa shape index (κ1) is 10.2. The van der Waals surface area contributed by atoms with Crippen LogP contribution in [0.1, 0.15) is 12.8 Å². The fourth-order valence-corrected chi connectivity index (χ4v) is 1.61. The molecular formula is C6H14NO4P. The molecule has 0 aromatic rings. The van der Waals surface area contributed by atoms with Crippen LogP contribution in [0.4, 0.5) is 0 Å². The predicted molar refractivity (Wildman–Crippen MR) is 43.7 cm³/mol. The van der Waals surface area contributed by atoms with E-state index in [4.69, 9.17) is 9.79 Å². The molecule has 0 unspecified atom stereocenters. The highest BCUT2D eigenvalue weighted by Crippen LogP contribution is 2.35. The quantitative estimate of drug-likeness (QED) is 0.627. The molecule has 1 rings (SSSR count). The second-order valence-corrected chi connectivity index (χ2v) is 4.11. The van der Waals surface area contributed by atoms with Gasteiger partial charge in [0.25, 0.3) is 0 Å². The third-order valence-electron chi connectivity index (χ3n) is 1.87. The Balaban J connectivity index is 2.05. The van der Waals surface area contributed by atoms with E-state index in [1.807, 2.05) is 0 Å². The molecular weight excluding hydrogens is 181 g/mol. The molecule has 0 atom stereocenters. The van der Waals surface area contributed by atoms with Crippen molar-refractivity contribution < 1.29 is 18.9 Å². The summed E-state index contributed by atoms with van der Waals surface area (Å²) in [6, 6.07) is 0. The van der Waals surface area contributed by atoms with E-state index in [9.17, 15) is 4.57 Å². The van der Waals surface area contributed by atoms with E-state index in [0.29, 0.717) is 6.54 Å². The van der Waals surface area contributed by atoms with Gasteiger partial charge in [0, 0.05) is 6.54 Å². The van der Waals surface area contributed by atoms with Crippen LogP contribution < -0.4 is 0 Å². The van der Waals surface area contributed by atoms with E-state index in [1.165, 1.54) is 12.8 Å². The van der Waals surface area contributed by atoms with Crippen molar-refractivity contribution in [2.75, 3.05) is 26.2 Å². The van der Waals surface area contributed by atoms with Crippen molar-refractivity contribution in [2.24, 2.45) is 0 Å². The summed E-state index contributed by atoms with van der Waals surface area (Å²) >= 11 is 0. The van der Waals surface area contributed by atoms with E-state index in [2.05, 4.69) is 9.42 Å². The number of phosphoric acid groups is 1. The Labute approximate surface area is 71.6 Å². The molecule has 72 valence electrons. The fourth-order valence-electron chi connectivity index (χ4n) is 1.30. The van der Waals surface area contributed by atoms with Crippen molar-refractivity contribution in [3.63, 3.8) is 0 Å². The maximum absolute atomic E-state index is 10.3. The van der Waals surface area contributed by atoms with Crippen molar-refractivity contribution in [2.45, 2.75) is 12.8 Å². The molecule has 2 N–H and O–H groups in total. The largest absolute Gasteiger partial charge is 0.469 e. The van der Waals surface area contributed by atoms with E-state index in [0.717, 1.165) is 13.1 Å². The minimum absolute atomic E-state index is 0.115. The van der Waals surface area contributed by atoms with Gasteiger partial charge >= 0.3 is 7.82 Å². The average Bonchev–Trinajstić information content (AvgIpc) is 2.36. The molecule has 1 aliphatic rings. The van der Waals surface area contributed by atoms with Gasteiger partial charge in [0.1, 0.15) is 0 Å². The number of nitrogens with zero attached hydrogens (tertiary/aromatic N) is 1. The summed E-state index contributed by atoms with van der Waals surface area (Å²) in [5, 5.41) is 0. The molecule has 0 bridgehead atoms. The van der Waals surface area contributed by atoms with Gasteiger partial charge in [-0.1, -0.05) is 0 Å². The summed E-state index contributed by atoms with van der Waals surface area (Å²) in [5.41, 5.74) is 0. The van der Waals surface area contributed by atoms with Crippen LogP contribution in [0, 0.1) is 0 Å². The van der Waals surface area contributed by atoms with Gasteiger partial charge in [0.15, 0.2) is 0 Å². The van der Waals surface area contributed by atoms with Crippen LogP contribution in [-0.4, -0.2) is 40.9 Å².